The van der Waals surface area contributed by atoms with Gasteiger partial charge in [0.05, 0.1) is 6.54 Å². The number of carbonyl (C=O) groups excluding carboxylic acids is 1. The highest BCUT2D eigenvalue weighted by Gasteiger charge is 2.21. The average Bonchev–Trinajstić information content (AvgIpc) is 2.98. The van der Waals surface area contributed by atoms with Crippen molar-refractivity contribution in [2.45, 2.75) is 33.2 Å². The summed E-state index contributed by atoms with van der Waals surface area (Å²) in [6, 6.07) is 5.98. The fourth-order valence-corrected chi connectivity index (χ4v) is 3.61. The van der Waals surface area contributed by atoms with Crippen LogP contribution < -0.4 is 5.32 Å². The lowest BCUT2D eigenvalue weighted by Crippen LogP contribution is -2.41. The molecule has 0 saturated carbocycles. The van der Waals surface area contributed by atoms with Crippen LogP contribution in [0.2, 0.25) is 0 Å². The molecule has 3 rings (SSSR count). The number of nitrogens with zero attached hydrogens (tertiary/aromatic N) is 3. The summed E-state index contributed by atoms with van der Waals surface area (Å²) in [6.07, 6.45) is 6.18. The van der Waals surface area contributed by atoms with E-state index in [-0.39, 0.29) is 5.91 Å². The van der Waals surface area contributed by atoms with Crippen LogP contribution in [-0.4, -0.2) is 40.0 Å². The lowest BCUT2D eigenvalue weighted by atomic mass is 9.97. The molecular weight excluding hydrogens is 312 g/mol. The summed E-state index contributed by atoms with van der Waals surface area (Å²) in [5.74, 6) is 1.64. The van der Waals surface area contributed by atoms with Crippen LogP contribution in [0.15, 0.2) is 30.6 Å². The van der Waals surface area contributed by atoms with E-state index in [1.807, 2.05) is 45.4 Å². The third-order valence-electron chi connectivity index (χ3n) is 5.07. The lowest BCUT2D eigenvalue weighted by molar-refractivity contribution is 0.0929. The van der Waals surface area contributed by atoms with E-state index in [9.17, 15) is 4.79 Å². The minimum Gasteiger partial charge on any atom is -0.352 e. The van der Waals surface area contributed by atoms with Gasteiger partial charge in [-0.2, -0.15) is 0 Å². The highest BCUT2D eigenvalue weighted by Crippen LogP contribution is 2.18. The Balaban J connectivity index is 1.52. The lowest BCUT2D eigenvalue weighted by Gasteiger charge is -2.32. The molecule has 1 N–H and O–H groups in total. The van der Waals surface area contributed by atoms with Crippen molar-refractivity contribution in [2.75, 3.05) is 19.6 Å². The van der Waals surface area contributed by atoms with Gasteiger partial charge in [0.2, 0.25) is 0 Å². The third kappa shape index (κ3) is 4.48. The normalized spacial score (nSPS) is 18.3. The molecule has 2 heterocycles. The summed E-state index contributed by atoms with van der Waals surface area (Å²) < 4.78 is 2.07. The largest absolute Gasteiger partial charge is 0.352 e. The maximum atomic E-state index is 12.5. The zero-order valence-electron chi connectivity index (χ0n) is 15.5. The SMILES string of the molecule is Cc1ccc(C(=O)NCC2CCCN(Cc3nccn3C)C2)c(C)c1. The first-order valence-corrected chi connectivity index (χ1v) is 9.07. The van der Waals surface area contributed by atoms with E-state index < -0.39 is 0 Å². The Kier molecular flexibility index (Phi) is 5.53. The van der Waals surface area contributed by atoms with Gasteiger partial charge < -0.3 is 9.88 Å². The molecular formula is C20H28N4O. The van der Waals surface area contributed by atoms with E-state index in [1.165, 1.54) is 18.4 Å². The summed E-state index contributed by atoms with van der Waals surface area (Å²) >= 11 is 0. The Bertz CT molecular complexity index is 737. The predicted octanol–water partition coefficient (Wildman–Crippen LogP) is 2.68. The molecule has 1 atom stereocenters. The first kappa shape index (κ1) is 17.7. The predicted molar refractivity (Wildman–Crippen MR) is 99.5 cm³/mol. The molecule has 0 bridgehead atoms. The van der Waals surface area contributed by atoms with Crippen molar-refractivity contribution in [1.82, 2.24) is 19.8 Å². The van der Waals surface area contributed by atoms with Gasteiger partial charge in [-0.15, -0.1) is 0 Å². The van der Waals surface area contributed by atoms with Crippen LogP contribution in [0.1, 0.15) is 40.2 Å². The topological polar surface area (TPSA) is 50.2 Å². The molecule has 0 aliphatic carbocycles. The van der Waals surface area contributed by atoms with E-state index in [1.54, 1.807) is 0 Å². The second kappa shape index (κ2) is 7.83. The Hall–Kier alpha value is -2.14. The van der Waals surface area contributed by atoms with Crippen LogP contribution in [0.25, 0.3) is 0 Å². The van der Waals surface area contributed by atoms with E-state index >= 15 is 0 Å². The molecule has 1 saturated heterocycles. The molecule has 1 aromatic carbocycles. The number of aromatic nitrogens is 2. The highest BCUT2D eigenvalue weighted by atomic mass is 16.1. The number of imidazole rings is 1. The summed E-state index contributed by atoms with van der Waals surface area (Å²) in [6.45, 7) is 7.78. The fraction of sp³-hybridized carbons (Fsp3) is 0.500. The minimum absolute atomic E-state index is 0.0405. The number of likely N-dealkylation sites (tertiary alicyclic amines) is 1. The van der Waals surface area contributed by atoms with Crippen molar-refractivity contribution in [1.29, 1.82) is 0 Å². The number of carbonyl (C=O) groups is 1. The van der Waals surface area contributed by atoms with Crippen LogP contribution in [0.5, 0.6) is 0 Å². The van der Waals surface area contributed by atoms with Crippen molar-refractivity contribution in [3.63, 3.8) is 0 Å². The Morgan fingerprint density at radius 3 is 2.92 bits per heavy atom. The minimum atomic E-state index is 0.0405. The molecule has 1 fully saturated rings. The van der Waals surface area contributed by atoms with E-state index in [0.717, 1.165) is 43.1 Å². The number of benzene rings is 1. The summed E-state index contributed by atoms with van der Waals surface area (Å²) in [7, 11) is 2.04. The Labute approximate surface area is 150 Å². The number of aryl methyl sites for hydroxylation is 3. The van der Waals surface area contributed by atoms with Gasteiger partial charge >= 0.3 is 0 Å². The maximum Gasteiger partial charge on any atom is 0.251 e. The van der Waals surface area contributed by atoms with Crippen LogP contribution in [0.4, 0.5) is 0 Å². The number of hydrogen-bond acceptors (Lipinski definition) is 3. The molecule has 1 unspecified atom stereocenters. The van der Waals surface area contributed by atoms with Crippen molar-refractivity contribution < 1.29 is 4.79 Å². The smallest absolute Gasteiger partial charge is 0.251 e. The maximum absolute atomic E-state index is 12.5. The van der Waals surface area contributed by atoms with Crippen LogP contribution in [0.3, 0.4) is 0 Å². The van der Waals surface area contributed by atoms with Crippen LogP contribution in [0, 0.1) is 19.8 Å². The molecule has 1 aliphatic rings. The summed E-state index contributed by atoms with van der Waals surface area (Å²) in [5.41, 5.74) is 3.01. The second-order valence-electron chi connectivity index (χ2n) is 7.23. The quantitative estimate of drug-likeness (QED) is 0.910. The zero-order chi connectivity index (χ0) is 17.8. The van der Waals surface area contributed by atoms with Gasteiger partial charge in [0.25, 0.3) is 5.91 Å². The van der Waals surface area contributed by atoms with Crippen molar-refractivity contribution in [3.8, 4) is 0 Å². The third-order valence-corrected chi connectivity index (χ3v) is 5.07. The molecule has 0 radical (unpaired) electrons. The first-order valence-electron chi connectivity index (χ1n) is 9.07. The van der Waals surface area contributed by atoms with Crippen molar-refractivity contribution >= 4 is 5.91 Å². The van der Waals surface area contributed by atoms with Gasteiger partial charge in [-0.05, 0) is 50.8 Å². The molecule has 25 heavy (non-hydrogen) atoms. The molecule has 1 amide bonds. The molecule has 1 aromatic heterocycles. The molecule has 134 valence electrons. The molecule has 2 aromatic rings. The monoisotopic (exact) mass is 340 g/mol. The van der Waals surface area contributed by atoms with Gasteiger partial charge in [0, 0.05) is 38.1 Å². The number of rotatable bonds is 5. The van der Waals surface area contributed by atoms with E-state index in [2.05, 4.69) is 25.8 Å². The molecule has 5 heteroatoms. The molecule has 5 nitrogen and oxygen atoms in total. The second-order valence-corrected chi connectivity index (χ2v) is 7.23. The molecule has 1 aliphatic heterocycles. The standard InChI is InChI=1S/C20H28N4O/c1-15-6-7-18(16(2)11-15)20(25)22-12-17-5-4-9-24(13-17)14-19-21-8-10-23(19)3/h6-8,10-11,17H,4-5,9,12-14H2,1-3H3,(H,22,25). The summed E-state index contributed by atoms with van der Waals surface area (Å²) in [4.78, 5) is 19.3. The summed E-state index contributed by atoms with van der Waals surface area (Å²) in [5, 5.41) is 3.13. The van der Waals surface area contributed by atoms with Gasteiger partial charge in [0.15, 0.2) is 0 Å². The van der Waals surface area contributed by atoms with Crippen LogP contribution in [-0.2, 0) is 13.6 Å². The van der Waals surface area contributed by atoms with Gasteiger partial charge in [-0.25, -0.2) is 4.98 Å². The molecule has 0 spiro atoms. The number of amides is 1. The number of piperidine rings is 1. The Morgan fingerprint density at radius 1 is 1.36 bits per heavy atom. The number of nitrogens with one attached hydrogen (secondary N) is 1. The van der Waals surface area contributed by atoms with Gasteiger partial charge in [-0.1, -0.05) is 17.7 Å². The zero-order valence-corrected chi connectivity index (χ0v) is 15.5. The van der Waals surface area contributed by atoms with Crippen molar-refractivity contribution in [3.05, 3.63) is 53.1 Å². The van der Waals surface area contributed by atoms with E-state index in [4.69, 9.17) is 0 Å². The first-order chi connectivity index (χ1) is 12.0. The fourth-order valence-electron chi connectivity index (χ4n) is 3.61. The Morgan fingerprint density at radius 2 is 2.20 bits per heavy atom. The van der Waals surface area contributed by atoms with Crippen molar-refractivity contribution in [2.24, 2.45) is 13.0 Å². The average molecular weight is 340 g/mol. The van der Waals surface area contributed by atoms with Crippen LogP contribution >= 0.6 is 0 Å². The van der Waals surface area contributed by atoms with Gasteiger partial charge in [0.1, 0.15) is 5.82 Å². The highest BCUT2D eigenvalue weighted by molar-refractivity contribution is 5.95. The number of hydrogen-bond donors (Lipinski definition) is 1. The van der Waals surface area contributed by atoms with E-state index in [0.29, 0.717) is 5.92 Å². The van der Waals surface area contributed by atoms with Gasteiger partial charge in [-0.3, -0.25) is 9.69 Å².